The van der Waals surface area contributed by atoms with Crippen LogP contribution in [0.15, 0.2) is 22.7 Å². The van der Waals surface area contributed by atoms with Crippen molar-refractivity contribution in [2.75, 3.05) is 0 Å². The van der Waals surface area contributed by atoms with Gasteiger partial charge in [0, 0.05) is 17.1 Å². The Hall–Kier alpha value is -1.20. The third kappa shape index (κ3) is 3.04. The molecule has 19 heavy (non-hydrogen) atoms. The molecule has 2 rings (SSSR count). The van der Waals surface area contributed by atoms with Crippen molar-refractivity contribution in [2.45, 2.75) is 13.3 Å². The van der Waals surface area contributed by atoms with Crippen LogP contribution in [-0.4, -0.2) is 15.6 Å². The minimum atomic E-state index is -0.454. The molecule has 0 saturated heterocycles. The van der Waals surface area contributed by atoms with Crippen molar-refractivity contribution >= 4 is 33.3 Å². The molecule has 0 unspecified atom stereocenters. The van der Waals surface area contributed by atoms with Crippen LogP contribution in [0, 0.1) is 12.7 Å². The second kappa shape index (κ2) is 5.43. The highest BCUT2D eigenvalue weighted by Gasteiger charge is 2.16. The molecule has 0 spiro atoms. The maximum Gasteiger partial charge on any atom is 0.168 e. The fourth-order valence-corrected chi connectivity index (χ4v) is 2.53. The molecule has 0 atom stereocenters. The van der Waals surface area contributed by atoms with Gasteiger partial charge in [-0.2, -0.15) is 5.10 Å². The smallest absolute Gasteiger partial charge is 0.168 e. The molecule has 0 bridgehead atoms. The van der Waals surface area contributed by atoms with Crippen molar-refractivity contribution < 1.29 is 9.18 Å². The first-order valence-corrected chi connectivity index (χ1v) is 6.73. The minimum absolute atomic E-state index is 0.0894. The van der Waals surface area contributed by atoms with Gasteiger partial charge in [-0.25, -0.2) is 4.39 Å². The highest BCUT2D eigenvalue weighted by atomic mass is 79.9. The topological polar surface area (TPSA) is 34.9 Å². The number of carbonyl (C=O) groups excluding carboxylic acids is 1. The number of nitrogens with zero attached hydrogens (tertiary/aromatic N) is 2. The van der Waals surface area contributed by atoms with E-state index in [1.807, 2.05) is 0 Å². The number of aryl methyl sites for hydroxylation is 2. The van der Waals surface area contributed by atoms with Gasteiger partial charge >= 0.3 is 0 Å². The maximum atomic E-state index is 13.3. The van der Waals surface area contributed by atoms with Gasteiger partial charge in [-0.15, -0.1) is 0 Å². The summed E-state index contributed by atoms with van der Waals surface area (Å²) in [6, 6.07) is 4.10. The summed E-state index contributed by atoms with van der Waals surface area (Å²) >= 11 is 9.25. The molecule has 0 aliphatic rings. The number of halogens is 3. The van der Waals surface area contributed by atoms with Crippen LogP contribution < -0.4 is 0 Å². The number of benzene rings is 1. The number of carbonyl (C=O) groups is 1. The first-order valence-electron chi connectivity index (χ1n) is 5.55. The molecule has 1 heterocycles. The molecule has 0 aliphatic heterocycles. The standard InChI is InChI=1S/C13H11BrClFN2O/c1-7-13(15)11(18(2)17-7)6-12(19)8-3-9(14)5-10(16)4-8/h3-5H,6H2,1-2H3. The van der Waals surface area contributed by atoms with Crippen LogP contribution in [0.5, 0.6) is 0 Å². The Bertz CT molecular complexity index is 634. The summed E-state index contributed by atoms with van der Waals surface area (Å²) < 4.78 is 15.4. The summed E-state index contributed by atoms with van der Waals surface area (Å²) in [5.74, 6) is -0.657. The van der Waals surface area contributed by atoms with E-state index in [9.17, 15) is 9.18 Å². The predicted octanol–water partition coefficient (Wildman–Crippen LogP) is 3.71. The highest BCUT2D eigenvalue weighted by Crippen LogP contribution is 2.22. The van der Waals surface area contributed by atoms with E-state index in [-0.39, 0.29) is 12.2 Å². The maximum absolute atomic E-state index is 13.3. The van der Waals surface area contributed by atoms with Gasteiger partial charge in [0.15, 0.2) is 5.78 Å². The SMILES string of the molecule is Cc1nn(C)c(CC(=O)c2cc(F)cc(Br)c2)c1Cl. The van der Waals surface area contributed by atoms with E-state index in [0.29, 0.717) is 26.4 Å². The number of hydrogen-bond donors (Lipinski definition) is 0. The van der Waals surface area contributed by atoms with Crippen molar-refractivity contribution in [3.63, 3.8) is 0 Å². The fourth-order valence-electron chi connectivity index (χ4n) is 1.84. The van der Waals surface area contributed by atoms with Crippen molar-refractivity contribution in [2.24, 2.45) is 7.05 Å². The zero-order valence-corrected chi connectivity index (χ0v) is 12.7. The molecule has 6 heteroatoms. The lowest BCUT2D eigenvalue weighted by Gasteiger charge is -2.04. The Labute approximate surface area is 123 Å². The second-order valence-corrected chi connectivity index (χ2v) is 5.52. The van der Waals surface area contributed by atoms with E-state index in [4.69, 9.17) is 11.6 Å². The molecular weight excluding hydrogens is 335 g/mol. The number of aromatic nitrogens is 2. The summed E-state index contributed by atoms with van der Waals surface area (Å²) in [4.78, 5) is 12.1. The van der Waals surface area contributed by atoms with Crippen molar-refractivity contribution in [3.8, 4) is 0 Å². The second-order valence-electron chi connectivity index (χ2n) is 4.23. The number of hydrogen-bond acceptors (Lipinski definition) is 2. The van der Waals surface area contributed by atoms with Crippen LogP contribution in [0.4, 0.5) is 4.39 Å². The van der Waals surface area contributed by atoms with E-state index in [0.717, 1.165) is 0 Å². The van der Waals surface area contributed by atoms with E-state index in [1.54, 1.807) is 24.7 Å². The Morgan fingerprint density at radius 2 is 2.16 bits per heavy atom. The molecule has 0 aliphatic carbocycles. The van der Waals surface area contributed by atoms with Gasteiger partial charge in [-0.05, 0) is 25.1 Å². The lowest BCUT2D eigenvalue weighted by atomic mass is 10.1. The molecule has 0 fully saturated rings. The van der Waals surface area contributed by atoms with E-state index in [1.165, 1.54) is 12.1 Å². The molecule has 0 N–H and O–H groups in total. The highest BCUT2D eigenvalue weighted by molar-refractivity contribution is 9.10. The molecule has 1 aromatic heterocycles. The van der Waals surface area contributed by atoms with E-state index < -0.39 is 5.82 Å². The lowest BCUT2D eigenvalue weighted by molar-refractivity contribution is 0.0990. The summed E-state index contributed by atoms with van der Waals surface area (Å²) in [7, 11) is 1.73. The predicted molar refractivity (Wildman–Crippen MR) is 75.1 cm³/mol. The van der Waals surface area contributed by atoms with Gasteiger partial charge < -0.3 is 0 Å². The lowest BCUT2D eigenvalue weighted by Crippen LogP contribution is -2.08. The summed E-state index contributed by atoms with van der Waals surface area (Å²) in [6.07, 6.45) is 0.0894. The summed E-state index contributed by atoms with van der Waals surface area (Å²) in [5.41, 5.74) is 1.61. The number of Topliss-reactive ketones (excluding diaryl/α,β-unsaturated/α-hetero) is 1. The van der Waals surface area contributed by atoms with Gasteiger partial charge in [0.2, 0.25) is 0 Å². The molecule has 0 amide bonds. The zero-order valence-electron chi connectivity index (χ0n) is 10.4. The number of rotatable bonds is 3. The Morgan fingerprint density at radius 3 is 2.68 bits per heavy atom. The van der Waals surface area contributed by atoms with Crippen LogP contribution in [-0.2, 0) is 13.5 Å². The van der Waals surface area contributed by atoms with Crippen LogP contribution in [0.1, 0.15) is 21.7 Å². The molecule has 100 valence electrons. The van der Waals surface area contributed by atoms with Crippen molar-refractivity contribution in [1.82, 2.24) is 9.78 Å². The molecule has 1 aromatic carbocycles. The third-order valence-corrected chi connectivity index (χ3v) is 3.72. The fraction of sp³-hybridized carbons (Fsp3) is 0.231. The monoisotopic (exact) mass is 344 g/mol. The molecule has 0 radical (unpaired) electrons. The summed E-state index contributed by atoms with van der Waals surface area (Å²) in [6.45, 7) is 1.77. The molecule has 3 nitrogen and oxygen atoms in total. The summed E-state index contributed by atoms with van der Waals surface area (Å²) in [5, 5.41) is 4.62. The van der Waals surface area contributed by atoms with Crippen LogP contribution >= 0.6 is 27.5 Å². The van der Waals surface area contributed by atoms with Crippen LogP contribution in [0.2, 0.25) is 5.02 Å². The van der Waals surface area contributed by atoms with Crippen LogP contribution in [0.3, 0.4) is 0 Å². The average Bonchev–Trinajstić information content (AvgIpc) is 2.54. The Kier molecular flexibility index (Phi) is 4.06. The first-order chi connectivity index (χ1) is 8.88. The van der Waals surface area contributed by atoms with E-state index >= 15 is 0 Å². The quantitative estimate of drug-likeness (QED) is 0.795. The van der Waals surface area contributed by atoms with Crippen LogP contribution in [0.25, 0.3) is 0 Å². The number of ketones is 1. The Morgan fingerprint density at radius 1 is 1.47 bits per heavy atom. The zero-order chi connectivity index (χ0) is 14.2. The van der Waals surface area contributed by atoms with Crippen molar-refractivity contribution in [3.05, 3.63) is 50.5 Å². The normalized spacial score (nSPS) is 10.8. The third-order valence-electron chi connectivity index (χ3n) is 2.77. The van der Waals surface area contributed by atoms with Gasteiger partial charge in [-0.1, -0.05) is 27.5 Å². The van der Waals surface area contributed by atoms with Gasteiger partial charge in [0.25, 0.3) is 0 Å². The molecular formula is C13H11BrClFN2O. The largest absolute Gasteiger partial charge is 0.294 e. The molecule has 0 saturated carbocycles. The van der Waals surface area contributed by atoms with Gasteiger partial charge in [0.1, 0.15) is 5.82 Å². The van der Waals surface area contributed by atoms with E-state index in [2.05, 4.69) is 21.0 Å². The Balaban J connectivity index is 2.30. The average molecular weight is 346 g/mol. The van der Waals surface area contributed by atoms with Gasteiger partial charge in [-0.3, -0.25) is 9.48 Å². The first kappa shape index (κ1) is 14.2. The van der Waals surface area contributed by atoms with Crippen molar-refractivity contribution in [1.29, 1.82) is 0 Å². The molecule has 2 aromatic rings. The minimum Gasteiger partial charge on any atom is -0.294 e. The van der Waals surface area contributed by atoms with Gasteiger partial charge in [0.05, 0.1) is 22.8 Å².